The summed E-state index contributed by atoms with van der Waals surface area (Å²) in [5, 5.41) is 3.42. The van der Waals surface area contributed by atoms with Gasteiger partial charge in [-0.2, -0.15) is 0 Å². The SMILES string of the molecule is CC(C)NCc1c(Oc2ccccc2OC(F)(F)F)cccc1N1CCCCCC1. The molecule has 3 rings (SSSR count). The molecule has 1 aliphatic heterocycles. The van der Waals surface area contributed by atoms with E-state index in [1.165, 1.54) is 31.0 Å². The highest BCUT2D eigenvalue weighted by atomic mass is 19.4. The number of anilines is 1. The second-order valence-corrected chi connectivity index (χ2v) is 7.79. The molecular weight excluding hydrogens is 393 g/mol. The molecule has 2 aromatic rings. The molecule has 2 aromatic carbocycles. The van der Waals surface area contributed by atoms with E-state index >= 15 is 0 Å². The minimum Gasteiger partial charge on any atom is -0.453 e. The van der Waals surface area contributed by atoms with Crippen LogP contribution < -0.4 is 19.7 Å². The van der Waals surface area contributed by atoms with E-state index in [1.807, 2.05) is 6.07 Å². The van der Waals surface area contributed by atoms with Gasteiger partial charge in [0.05, 0.1) is 0 Å². The molecule has 0 aromatic heterocycles. The highest BCUT2D eigenvalue weighted by molar-refractivity contribution is 5.60. The maximum absolute atomic E-state index is 12.8. The van der Waals surface area contributed by atoms with Crippen molar-refractivity contribution < 1.29 is 22.6 Å². The highest BCUT2D eigenvalue weighted by Crippen LogP contribution is 2.38. The first kappa shape index (κ1) is 22.3. The molecule has 1 fully saturated rings. The van der Waals surface area contributed by atoms with Crippen LogP contribution in [0.3, 0.4) is 0 Å². The van der Waals surface area contributed by atoms with Crippen LogP contribution in [0.15, 0.2) is 42.5 Å². The normalized spacial score (nSPS) is 15.2. The molecule has 0 atom stereocenters. The fourth-order valence-corrected chi connectivity index (χ4v) is 3.60. The minimum absolute atomic E-state index is 0.0358. The van der Waals surface area contributed by atoms with Gasteiger partial charge in [0.1, 0.15) is 5.75 Å². The first-order chi connectivity index (χ1) is 14.3. The molecule has 0 aliphatic carbocycles. The van der Waals surface area contributed by atoms with Crippen LogP contribution in [0.4, 0.5) is 18.9 Å². The highest BCUT2D eigenvalue weighted by Gasteiger charge is 2.32. The number of benzene rings is 2. The summed E-state index contributed by atoms with van der Waals surface area (Å²) in [6, 6.07) is 11.9. The molecule has 1 saturated heterocycles. The van der Waals surface area contributed by atoms with Gasteiger partial charge >= 0.3 is 6.36 Å². The Morgan fingerprint density at radius 2 is 1.53 bits per heavy atom. The molecular formula is C23H29F3N2O2. The summed E-state index contributed by atoms with van der Waals surface area (Å²) in [4.78, 5) is 2.36. The monoisotopic (exact) mass is 422 g/mol. The van der Waals surface area contributed by atoms with E-state index in [-0.39, 0.29) is 17.5 Å². The predicted octanol–water partition coefficient (Wildman–Crippen LogP) is 6.26. The van der Waals surface area contributed by atoms with Crippen LogP contribution in [0.5, 0.6) is 17.2 Å². The Balaban J connectivity index is 1.95. The zero-order valence-corrected chi connectivity index (χ0v) is 17.5. The largest absolute Gasteiger partial charge is 0.573 e. The number of rotatable bonds is 7. The van der Waals surface area contributed by atoms with Crippen LogP contribution in [0.25, 0.3) is 0 Å². The number of alkyl halides is 3. The van der Waals surface area contributed by atoms with Gasteiger partial charge < -0.3 is 19.7 Å². The Bertz CT molecular complexity index is 816. The van der Waals surface area contributed by atoms with Crippen LogP contribution in [-0.2, 0) is 6.54 Å². The fraction of sp³-hybridized carbons (Fsp3) is 0.478. The molecule has 0 unspecified atom stereocenters. The van der Waals surface area contributed by atoms with E-state index < -0.39 is 6.36 Å². The van der Waals surface area contributed by atoms with Crippen molar-refractivity contribution in [3.05, 3.63) is 48.0 Å². The standard InChI is InChI=1S/C23H29F3N2O2/c1-17(2)27-16-18-19(28-14-7-3-4-8-15-28)10-9-13-20(18)29-21-11-5-6-12-22(21)30-23(24,25)26/h5-6,9-13,17,27H,3-4,7-8,14-16H2,1-2H3. The number of ether oxygens (including phenoxy) is 2. The average Bonchev–Trinajstić information content (AvgIpc) is 2.96. The number of nitrogens with one attached hydrogen (secondary N) is 1. The maximum Gasteiger partial charge on any atom is 0.573 e. The molecule has 0 amide bonds. The van der Waals surface area contributed by atoms with Crippen LogP contribution in [0.2, 0.25) is 0 Å². The van der Waals surface area contributed by atoms with Crippen molar-refractivity contribution >= 4 is 5.69 Å². The minimum atomic E-state index is -4.78. The number of nitrogens with zero attached hydrogens (tertiary/aromatic N) is 1. The van der Waals surface area contributed by atoms with Crippen molar-refractivity contribution in [1.82, 2.24) is 5.32 Å². The Morgan fingerprint density at radius 3 is 2.17 bits per heavy atom. The molecule has 1 N–H and O–H groups in total. The molecule has 1 aliphatic rings. The van der Waals surface area contributed by atoms with Crippen molar-refractivity contribution in [1.29, 1.82) is 0 Å². The van der Waals surface area contributed by atoms with Gasteiger partial charge in [0, 0.05) is 36.9 Å². The van der Waals surface area contributed by atoms with Crippen molar-refractivity contribution in [3.63, 3.8) is 0 Å². The summed E-state index contributed by atoms with van der Waals surface area (Å²) in [5.74, 6) is 0.213. The number of hydrogen-bond acceptors (Lipinski definition) is 4. The van der Waals surface area contributed by atoms with E-state index in [2.05, 4.69) is 34.9 Å². The third-order valence-electron chi connectivity index (χ3n) is 5.04. The lowest BCUT2D eigenvalue weighted by Crippen LogP contribution is -2.28. The fourth-order valence-electron chi connectivity index (χ4n) is 3.60. The molecule has 164 valence electrons. The lowest BCUT2D eigenvalue weighted by Gasteiger charge is -2.27. The lowest BCUT2D eigenvalue weighted by atomic mass is 10.1. The summed E-state index contributed by atoms with van der Waals surface area (Å²) in [6.07, 6.45) is -0.0903. The maximum atomic E-state index is 12.8. The van der Waals surface area contributed by atoms with Crippen molar-refractivity contribution in [3.8, 4) is 17.2 Å². The van der Waals surface area contributed by atoms with Gasteiger partial charge in [-0.1, -0.05) is 44.9 Å². The molecule has 0 saturated carbocycles. The zero-order valence-electron chi connectivity index (χ0n) is 17.5. The van der Waals surface area contributed by atoms with Gasteiger partial charge in [-0.05, 0) is 37.1 Å². The van der Waals surface area contributed by atoms with Crippen LogP contribution in [-0.4, -0.2) is 25.5 Å². The average molecular weight is 422 g/mol. The molecule has 4 nitrogen and oxygen atoms in total. The Hall–Kier alpha value is -2.41. The number of hydrogen-bond donors (Lipinski definition) is 1. The Kier molecular flexibility index (Phi) is 7.48. The smallest absolute Gasteiger partial charge is 0.453 e. The second kappa shape index (κ2) is 10.1. The Labute approximate surface area is 176 Å². The quantitative estimate of drug-likeness (QED) is 0.571. The summed E-state index contributed by atoms with van der Waals surface area (Å²) < 4.78 is 48.5. The van der Waals surface area contributed by atoms with Crippen molar-refractivity contribution in [2.45, 2.75) is 58.5 Å². The third-order valence-corrected chi connectivity index (χ3v) is 5.04. The molecule has 0 spiro atoms. The van der Waals surface area contributed by atoms with Crippen LogP contribution in [0.1, 0.15) is 45.1 Å². The summed E-state index contributed by atoms with van der Waals surface area (Å²) in [6.45, 7) is 6.60. The van der Waals surface area contributed by atoms with E-state index in [9.17, 15) is 13.2 Å². The van der Waals surface area contributed by atoms with Crippen LogP contribution >= 0.6 is 0 Å². The summed E-state index contributed by atoms with van der Waals surface area (Å²) >= 11 is 0. The van der Waals surface area contributed by atoms with Crippen molar-refractivity contribution in [2.75, 3.05) is 18.0 Å². The number of para-hydroxylation sites is 2. The molecule has 7 heteroatoms. The van der Waals surface area contributed by atoms with Crippen molar-refractivity contribution in [2.24, 2.45) is 0 Å². The van der Waals surface area contributed by atoms with Gasteiger partial charge in [-0.3, -0.25) is 0 Å². The molecule has 30 heavy (non-hydrogen) atoms. The first-order valence-corrected chi connectivity index (χ1v) is 10.5. The summed E-state index contributed by atoms with van der Waals surface area (Å²) in [7, 11) is 0. The third kappa shape index (κ3) is 6.29. The zero-order chi connectivity index (χ0) is 21.6. The molecule has 1 heterocycles. The van der Waals surface area contributed by atoms with E-state index in [0.717, 1.165) is 37.2 Å². The van der Waals surface area contributed by atoms with Gasteiger partial charge in [0.2, 0.25) is 0 Å². The van der Waals surface area contributed by atoms with E-state index in [1.54, 1.807) is 12.1 Å². The second-order valence-electron chi connectivity index (χ2n) is 7.79. The van der Waals surface area contributed by atoms with E-state index in [0.29, 0.717) is 12.3 Å². The van der Waals surface area contributed by atoms with Gasteiger partial charge in [-0.15, -0.1) is 13.2 Å². The predicted molar refractivity (Wildman–Crippen MR) is 112 cm³/mol. The van der Waals surface area contributed by atoms with Crippen LogP contribution in [0, 0.1) is 0 Å². The summed E-state index contributed by atoms with van der Waals surface area (Å²) in [5.41, 5.74) is 2.01. The van der Waals surface area contributed by atoms with Gasteiger partial charge in [-0.25, -0.2) is 0 Å². The van der Waals surface area contributed by atoms with E-state index in [4.69, 9.17) is 4.74 Å². The molecule has 0 radical (unpaired) electrons. The Morgan fingerprint density at radius 1 is 0.900 bits per heavy atom. The number of halogens is 3. The topological polar surface area (TPSA) is 33.7 Å². The lowest BCUT2D eigenvalue weighted by molar-refractivity contribution is -0.275. The van der Waals surface area contributed by atoms with Gasteiger partial charge in [0.15, 0.2) is 11.5 Å². The molecule has 0 bridgehead atoms. The first-order valence-electron chi connectivity index (χ1n) is 10.5. The van der Waals surface area contributed by atoms with Gasteiger partial charge in [0.25, 0.3) is 0 Å².